The Kier molecular flexibility index (Phi) is 32.4. The summed E-state index contributed by atoms with van der Waals surface area (Å²) < 4.78 is 16.8. The standard InChI is InChI=1S/C22H21BrCl2N4O.C19H15BrCl2N2O2.C13H12BrO4.C9H9BrO.2CH4.Li/c1-14-20(22(30)27-28-11-3-2-4-12-28)26-29(19-10-9-17(24)13-18(19)25)21(14)15-5-7-16(23)8-6-15;1-3-26-19(25)17-11(2)18(12-4-6-13(20)7-5-12)24(23-17)16-9-8-14(21)10-15(16)22;1-3-18-13(17)12(16)8(2)11(15)9-4-6-10(14)7-5-9;1-2-9(11)7-3-5-8(10)6-4-7;;;/h5-10,13H,2-4,11-12H2,1H3,(H,27,30);4-10H,3H2,1-2H3;4-7H,3H2,1-2H3;3-6H,2H2,1H3;2*1H4;/q;;-1;;;;+1. The number of hydrazine groups is 1. The van der Waals surface area contributed by atoms with E-state index >= 15 is 0 Å². The normalized spacial score (nSPS) is 11.4. The van der Waals surface area contributed by atoms with Crippen LogP contribution in [-0.4, -0.2) is 86.1 Å². The van der Waals surface area contributed by atoms with Gasteiger partial charge >= 0.3 is 24.8 Å². The Labute approximate surface area is 580 Å². The Morgan fingerprint density at radius 1 is 0.557 bits per heavy atom. The van der Waals surface area contributed by atoms with Gasteiger partial charge in [0.25, 0.3) is 11.9 Å². The molecule has 1 aliphatic rings. The van der Waals surface area contributed by atoms with Gasteiger partial charge in [-0.25, -0.2) is 19.2 Å². The number of carbonyl (C=O) groups excluding carboxylic acids is 6. The number of ketones is 3. The predicted octanol–water partition coefficient (Wildman–Crippen LogP) is 15.8. The monoisotopic (exact) mass is 1520 g/mol. The van der Waals surface area contributed by atoms with Gasteiger partial charge in [0.15, 0.2) is 23.0 Å². The molecule has 0 atom stereocenters. The van der Waals surface area contributed by atoms with E-state index in [0.717, 1.165) is 83.0 Å². The van der Waals surface area contributed by atoms with Crippen LogP contribution >= 0.6 is 110 Å². The van der Waals surface area contributed by atoms with Crippen LogP contribution in [0.2, 0.25) is 20.1 Å². The third-order valence-corrected chi connectivity index (χ3v) is 16.0. The fourth-order valence-corrected chi connectivity index (χ4v) is 10.5. The van der Waals surface area contributed by atoms with Crippen LogP contribution in [0.15, 0.2) is 151 Å². The van der Waals surface area contributed by atoms with Crippen LogP contribution < -0.4 is 24.3 Å². The fourth-order valence-electron chi connectivity index (χ4n) is 8.46. The molecule has 88 heavy (non-hydrogen) atoms. The summed E-state index contributed by atoms with van der Waals surface area (Å²) in [7, 11) is 0. The van der Waals surface area contributed by atoms with Crippen LogP contribution in [-0.2, 0) is 19.1 Å². The molecule has 460 valence electrons. The van der Waals surface area contributed by atoms with Crippen LogP contribution in [0.25, 0.3) is 33.9 Å². The second kappa shape index (κ2) is 37.1. The van der Waals surface area contributed by atoms with E-state index in [1.165, 1.54) is 13.3 Å². The number of Topliss-reactive ketones (excluding diaryl/α,β-unsaturated/α-hetero) is 3. The minimum atomic E-state index is -1.000. The second-order valence-electron chi connectivity index (χ2n) is 18.7. The van der Waals surface area contributed by atoms with E-state index in [0.29, 0.717) is 49.1 Å². The molecule has 1 amide bonds. The van der Waals surface area contributed by atoms with Gasteiger partial charge in [0.1, 0.15) is 0 Å². The minimum Gasteiger partial charge on any atom is -0.517 e. The van der Waals surface area contributed by atoms with Crippen LogP contribution in [0.4, 0.5) is 0 Å². The number of aromatic nitrogens is 4. The summed E-state index contributed by atoms with van der Waals surface area (Å²) in [4.78, 5) is 71.2. The number of piperidine rings is 1. The van der Waals surface area contributed by atoms with Crippen molar-refractivity contribution in [1.29, 1.82) is 0 Å². The van der Waals surface area contributed by atoms with Crippen molar-refractivity contribution in [2.75, 3.05) is 26.3 Å². The molecule has 0 spiro atoms. The molecule has 0 saturated carbocycles. The second-order valence-corrected chi connectivity index (χ2v) is 24.0. The molecule has 9 rings (SSSR count). The van der Waals surface area contributed by atoms with Gasteiger partial charge in [-0.2, -0.15) is 10.2 Å². The number of ether oxygens (including phenoxy) is 2. The van der Waals surface area contributed by atoms with Gasteiger partial charge in [-0.15, -0.1) is 12.1 Å². The Hall–Kier alpha value is -5.33. The average molecular weight is 1530 g/mol. The molecule has 0 bridgehead atoms. The molecule has 0 unspecified atom stereocenters. The zero-order chi connectivity index (χ0) is 62.1. The van der Waals surface area contributed by atoms with E-state index in [-0.39, 0.29) is 70.2 Å². The number of esters is 2. The Morgan fingerprint density at radius 3 is 1.36 bits per heavy atom. The van der Waals surface area contributed by atoms with Crippen molar-refractivity contribution in [3.8, 4) is 33.9 Å². The van der Waals surface area contributed by atoms with E-state index in [1.807, 2.05) is 105 Å². The van der Waals surface area contributed by atoms with E-state index in [1.54, 1.807) is 77.8 Å². The topological polar surface area (TPSA) is 172 Å². The molecular weight excluding hydrogens is 1460 g/mol. The summed E-state index contributed by atoms with van der Waals surface area (Å²) in [6.45, 7) is 12.4. The largest absolute Gasteiger partial charge is 1.00 e. The van der Waals surface area contributed by atoms with Gasteiger partial charge in [0, 0.05) is 75.3 Å². The van der Waals surface area contributed by atoms with Gasteiger partial charge in [0.05, 0.1) is 51.8 Å². The maximum atomic E-state index is 13.1. The SMILES string of the molecule is C.C.CCC(=O)c1ccc(Br)cc1.CCOC(=O)C(=O)[C-](C)C(=O)c1ccc(Br)cc1.CCOC(=O)c1nn(-c2ccc(Cl)cc2Cl)c(-c2ccc(Br)cc2)c1C.Cc1c(C(=O)NN2CCCCC2)nn(-c2ccc(Cl)cc2Cl)c1-c1ccc(Br)cc1.[Li+]. The van der Waals surface area contributed by atoms with Gasteiger partial charge in [-0.05, 0) is 113 Å². The summed E-state index contributed by atoms with van der Waals surface area (Å²) in [5.41, 5.74) is 11.0. The quantitative estimate of drug-likeness (QED) is 0.0259. The number of halogens is 8. The molecule has 8 aromatic rings. The van der Waals surface area contributed by atoms with E-state index in [9.17, 15) is 28.8 Å². The summed E-state index contributed by atoms with van der Waals surface area (Å²) in [5, 5.41) is 13.1. The Morgan fingerprint density at radius 2 is 0.955 bits per heavy atom. The first-order valence-corrected chi connectivity index (χ1v) is 31.2. The molecule has 0 aliphatic carbocycles. The van der Waals surface area contributed by atoms with Crippen LogP contribution in [0.3, 0.4) is 0 Å². The van der Waals surface area contributed by atoms with Gasteiger partial charge in [-0.1, -0.05) is 205 Å². The molecule has 1 saturated heterocycles. The maximum Gasteiger partial charge on any atom is 1.00 e. The van der Waals surface area contributed by atoms with Gasteiger partial charge in [0.2, 0.25) is 0 Å². The van der Waals surface area contributed by atoms with Crippen molar-refractivity contribution in [3.63, 3.8) is 0 Å². The number of benzene rings is 6. The third kappa shape index (κ3) is 20.9. The summed E-state index contributed by atoms with van der Waals surface area (Å²) in [5.74, 6) is -3.00. The molecule has 14 nitrogen and oxygen atoms in total. The smallest absolute Gasteiger partial charge is 0.517 e. The molecule has 1 aliphatic heterocycles. The summed E-state index contributed by atoms with van der Waals surface area (Å²) >= 11 is 38.4. The number of rotatable bonds is 15. The van der Waals surface area contributed by atoms with Crippen LogP contribution in [0.5, 0.6) is 0 Å². The van der Waals surface area contributed by atoms with Gasteiger partial charge < -0.3 is 23.9 Å². The van der Waals surface area contributed by atoms with E-state index in [4.69, 9.17) is 51.1 Å². The van der Waals surface area contributed by atoms with Gasteiger partial charge in [-0.3, -0.25) is 15.0 Å². The molecule has 1 fully saturated rings. The van der Waals surface area contributed by atoms with Crippen LogP contribution in [0, 0.1) is 19.8 Å². The first kappa shape index (κ1) is 76.9. The number of amides is 1. The van der Waals surface area contributed by atoms with E-state index < -0.39 is 23.5 Å². The van der Waals surface area contributed by atoms with Crippen molar-refractivity contribution in [3.05, 3.63) is 211 Å². The number of nitrogens with zero attached hydrogens (tertiary/aromatic N) is 5. The Balaban J connectivity index is 0.000000320. The molecule has 1 N–H and O–H groups in total. The molecule has 3 heterocycles. The predicted molar refractivity (Wildman–Crippen MR) is 363 cm³/mol. The van der Waals surface area contributed by atoms with Crippen molar-refractivity contribution in [1.82, 2.24) is 30.0 Å². The molecule has 23 heteroatoms. The van der Waals surface area contributed by atoms with Crippen molar-refractivity contribution < 1.29 is 57.1 Å². The number of hydrogen-bond acceptors (Lipinski definition) is 11. The number of nitrogens with one attached hydrogen (secondary N) is 1. The van der Waals surface area contributed by atoms with Crippen LogP contribution in [0.1, 0.15) is 121 Å². The zero-order valence-electron chi connectivity index (χ0n) is 47.9. The molecule has 0 radical (unpaired) electrons. The number of hydrogen-bond donors (Lipinski definition) is 1. The van der Waals surface area contributed by atoms with Crippen molar-refractivity contribution >= 4 is 145 Å². The third-order valence-electron chi connectivity index (χ3n) is 12.8. The first-order valence-electron chi connectivity index (χ1n) is 26.6. The summed E-state index contributed by atoms with van der Waals surface area (Å²) in [6.07, 6.45) is 3.93. The summed E-state index contributed by atoms with van der Waals surface area (Å²) in [6, 6.07) is 40.0. The maximum absolute atomic E-state index is 13.1. The minimum absolute atomic E-state index is 0. The number of carbonyl (C=O) groups is 6. The molecule has 2 aromatic heterocycles. The Bertz CT molecular complexity index is 3680. The first-order chi connectivity index (χ1) is 40.6. The average Bonchev–Trinajstić information content (AvgIpc) is 1.70. The molecular formula is C65H65Br4Cl4LiN6O8. The molecule has 6 aromatic carbocycles. The van der Waals surface area contributed by atoms with Crippen molar-refractivity contribution in [2.45, 2.75) is 82.1 Å². The zero-order valence-corrected chi connectivity index (χ0v) is 57.3. The fraction of sp³-hybridized carbons (Fsp3) is 0.246. The van der Waals surface area contributed by atoms with Crippen molar-refractivity contribution in [2.24, 2.45) is 0 Å². The van der Waals surface area contributed by atoms with E-state index in [2.05, 4.69) is 84.1 Å².